The van der Waals surface area contributed by atoms with Gasteiger partial charge in [0.1, 0.15) is 5.54 Å². The summed E-state index contributed by atoms with van der Waals surface area (Å²) >= 11 is 0. The zero-order chi connectivity index (χ0) is 13.2. The maximum absolute atomic E-state index is 11.9. The molecule has 0 spiro atoms. The fraction of sp³-hybridized carbons (Fsp3) is 0.833. The molecular weight excluding hydrogens is 220 g/mol. The van der Waals surface area contributed by atoms with E-state index >= 15 is 0 Å². The van der Waals surface area contributed by atoms with Gasteiger partial charge in [0.15, 0.2) is 0 Å². The monoisotopic (exact) mass is 242 g/mol. The van der Waals surface area contributed by atoms with Gasteiger partial charge >= 0.3 is 5.97 Å². The van der Waals surface area contributed by atoms with Crippen molar-refractivity contribution in [1.82, 2.24) is 5.32 Å². The molecule has 17 heavy (non-hydrogen) atoms. The fourth-order valence-electron chi connectivity index (χ4n) is 1.84. The second-order valence-electron chi connectivity index (χ2n) is 5.18. The van der Waals surface area contributed by atoms with E-state index < -0.39 is 17.6 Å². The summed E-state index contributed by atoms with van der Waals surface area (Å²) in [5.74, 6) is -1.26. The first kappa shape index (κ1) is 14.0. The van der Waals surface area contributed by atoms with Crippen molar-refractivity contribution in [1.29, 1.82) is 0 Å². The van der Waals surface area contributed by atoms with E-state index in [0.29, 0.717) is 0 Å². The molecule has 0 radical (unpaired) electrons. The maximum Gasteiger partial charge on any atom is 0.329 e. The molecule has 0 aliphatic heterocycles. The van der Waals surface area contributed by atoms with Gasteiger partial charge in [0, 0.05) is 0 Å². The molecule has 0 aromatic rings. The van der Waals surface area contributed by atoms with Crippen LogP contribution >= 0.6 is 0 Å². The Labute approximate surface area is 102 Å². The van der Waals surface area contributed by atoms with Crippen LogP contribution in [-0.4, -0.2) is 28.6 Å². The minimum absolute atomic E-state index is 0.0353. The van der Waals surface area contributed by atoms with Crippen LogP contribution in [0.2, 0.25) is 0 Å². The van der Waals surface area contributed by atoms with Crippen LogP contribution in [0.4, 0.5) is 0 Å². The lowest BCUT2D eigenvalue weighted by atomic mass is 9.93. The van der Waals surface area contributed by atoms with E-state index in [2.05, 4.69) is 5.32 Å². The van der Waals surface area contributed by atoms with Gasteiger partial charge in [-0.05, 0) is 31.6 Å². The Bertz CT molecular complexity index is 315. The molecule has 1 aliphatic rings. The Hall–Kier alpha value is -1.10. The summed E-state index contributed by atoms with van der Waals surface area (Å²) in [4.78, 5) is 23.1. The molecule has 1 amide bonds. The van der Waals surface area contributed by atoms with Crippen molar-refractivity contribution in [2.75, 3.05) is 0 Å². The minimum atomic E-state index is -1.16. The highest BCUT2D eigenvalue weighted by atomic mass is 16.4. The van der Waals surface area contributed by atoms with Gasteiger partial charge in [-0.3, -0.25) is 4.79 Å². The van der Waals surface area contributed by atoms with Gasteiger partial charge < -0.3 is 16.2 Å². The van der Waals surface area contributed by atoms with Crippen molar-refractivity contribution in [3.8, 4) is 0 Å². The van der Waals surface area contributed by atoms with Crippen molar-refractivity contribution in [2.45, 2.75) is 51.6 Å². The molecule has 3 atom stereocenters. The molecular formula is C12H22N2O3. The molecule has 5 heteroatoms. The molecule has 1 saturated carbocycles. The number of nitrogens with two attached hydrogens (primary N) is 1. The SMILES string of the molecule is CC[C@H](C)[C@H](N)C(=O)NC(C)(C(=O)O)C1CC1. The molecule has 0 aromatic carbocycles. The first-order chi connectivity index (χ1) is 7.82. The Morgan fingerprint density at radius 2 is 2.06 bits per heavy atom. The van der Waals surface area contributed by atoms with E-state index in [1.807, 2.05) is 13.8 Å². The summed E-state index contributed by atoms with van der Waals surface area (Å²) in [5, 5.41) is 11.8. The number of rotatable bonds is 6. The van der Waals surface area contributed by atoms with Crippen molar-refractivity contribution < 1.29 is 14.7 Å². The summed E-state index contributed by atoms with van der Waals surface area (Å²) in [6.07, 6.45) is 2.49. The lowest BCUT2D eigenvalue weighted by Gasteiger charge is -2.29. The molecule has 0 bridgehead atoms. The van der Waals surface area contributed by atoms with Crippen LogP contribution in [-0.2, 0) is 9.59 Å². The summed E-state index contributed by atoms with van der Waals surface area (Å²) in [7, 11) is 0. The average molecular weight is 242 g/mol. The number of carbonyl (C=O) groups is 2. The smallest absolute Gasteiger partial charge is 0.329 e. The largest absolute Gasteiger partial charge is 0.480 e. The van der Waals surface area contributed by atoms with Crippen LogP contribution < -0.4 is 11.1 Å². The summed E-state index contributed by atoms with van der Waals surface area (Å²) < 4.78 is 0. The van der Waals surface area contributed by atoms with Gasteiger partial charge in [0.25, 0.3) is 0 Å². The zero-order valence-corrected chi connectivity index (χ0v) is 10.7. The third kappa shape index (κ3) is 2.97. The minimum Gasteiger partial charge on any atom is -0.480 e. The predicted octanol–water partition coefficient (Wildman–Crippen LogP) is 0.729. The molecule has 0 heterocycles. The van der Waals surface area contributed by atoms with Crippen molar-refractivity contribution >= 4 is 11.9 Å². The number of carboxylic acids is 1. The van der Waals surface area contributed by atoms with Crippen LogP contribution in [0.25, 0.3) is 0 Å². The highest BCUT2D eigenvalue weighted by Gasteiger charge is 2.49. The molecule has 1 fully saturated rings. The van der Waals surface area contributed by atoms with Crippen LogP contribution in [0.5, 0.6) is 0 Å². The van der Waals surface area contributed by atoms with E-state index in [-0.39, 0.29) is 17.7 Å². The van der Waals surface area contributed by atoms with Crippen molar-refractivity contribution in [2.24, 2.45) is 17.6 Å². The Kier molecular flexibility index (Phi) is 4.14. The quantitative estimate of drug-likeness (QED) is 0.640. The number of hydrogen-bond donors (Lipinski definition) is 3. The Morgan fingerprint density at radius 1 is 1.53 bits per heavy atom. The molecule has 0 saturated heterocycles. The summed E-state index contributed by atoms with van der Waals surface area (Å²) in [6, 6.07) is -0.641. The normalized spacial score (nSPS) is 22.4. The van der Waals surface area contributed by atoms with Crippen LogP contribution in [0.15, 0.2) is 0 Å². The summed E-state index contributed by atoms with van der Waals surface area (Å²) in [6.45, 7) is 5.41. The number of hydrogen-bond acceptors (Lipinski definition) is 3. The van der Waals surface area contributed by atoms with E-state index in [0.717, 1.165) is 19.3 Å². The van der Waals surface area contributed by atoms with Crippen molar-refractivity contribution in [3.63, 3.8) is 0 Å². The number of carboxylic acid groups (broad SMARTS) is 1. The van der Waals surface area contributed by atoms with E-state index in [9.17, 15) is 14.7 Å². The first-order valence-corrected chi connectivity index (χ1v) is 6.14. The molecule has 4 N–H and O–H groups in total. The predicted molar refractivity (Wildman–Crippen MR) is 64.3 cm³/mol. The molecule has 1 aliphatic carbocycles. The van der Waals surface area contributed by atoms with Gasteiger partial charge in [0.05, 0.1) is 6.04 Å². The second kappa shape index (κ2) is 5.04. The van der Waals surface area contributed by atoms with E-state index in [1.54, 1.807) is 6.92 Å². The number of carbonyl (C=O) groups excluding carboxylic acids is 1. The first-order valence-electron chi connectivity index (χ1n) is 6.14. The van der Waals surface area contributed by atoms with Crippen LogP contribution in [0.1, 0.15) is 40.0 Å². The van der Waals surface area contributed by atoms with Gasteiger partial charge in [0.2, 0.25) is 5.91 Å². The third-order valence-electron chi connectivity index (χ3n) is 3.78. The number of nitrogens with one attached hydrogen (secondary N) is 1. The highest BCUT2D eigenvalue weighted by molar-refractivity contribution is 5.89. The van der Waals surface area contributed by atoms with Crippen molar-refractivity contribution in [3.05, 3.63) is 0 Å². The molecule has 1 rings (SSSR count). The average Bonchev–Trinajstić information content (AvgIpc) is 3.10. The molecule has 0 aromatic heterocycles. The van der Waals surface area contributed by atoms with Gasteiger partial charge in [-0.15, -0.1) is 0 Å². The Balaban J connectivity index is 2.68. The van der Waals surface area contributed by atoms with Gasteiger partial charge in [-0.2, -0.15) is 0 Å². The zero-order valence-electron chi connectivity index (χ0n) is 10.7. The highest BCUT2D eigenvalue weighted by Crippen LogP contribution is 2.39. The lowest BCUT2D eigenvalue weighted by Crippen LogP contribution is -2.58. The topological polar surface area (TPSA) is 92.4 Å². The lowest BCUT2D eigenvalue weighted by molar-refractivity contribution is -0.148. The standard InChI is InChI=1S/C12H22N2O3/c1-4-7(2)9(13)10(15)14-12(3,11(16)17)8-5-6-8/h7-9H,4-6,13H2,1-3H3,(H,14,15)(H,16,17)/t7-,9-,12?/m0/s1. The summed E-state index contributed by atoms with van der Waals surface area (Å²) in [5.41, 5.74) is 4.63. The third-order valence-corrected chi connectivity index (χ3v) is 3.78. The Morgan fingerprint density at radius 3 is 2.41 bits per heavy atom. The number of amides is 1. The molecule has 1 unspecified atom stereocenters. The number of aliphatic carboxylic acids is 1. The van der Waals surface area contributed by atoms with Crippen LogP contribution in [0, 0.1) is 11.8 Å². The fourth-order valence-corrected chi connectivity index (χ4v) is 1.84. The van der Waals surface area contributed by atoms with Crippen LogP contribution in [0.3, 0.4) is 0 Å². The molecule has 5 nitrogen and oxygen atoms in total. The van der Waals surface area contributed by atoms with E-state index in [1.165, 1.54) is 0 Å². The maximum atomic E-state index is 11.9. The molecule has 98 valence electrons. The van der Waals surface area contributed by atoms with E-state index in [4.69, 9.17) is 5.73 Å². The van der Waals surface area contributed by atoms with Gasteiger partial charge in [-0.1, -0.05) is 20.3 Å². The second-order valence-corrected chi connectivity index (χ2v) is 5.18. The van der Waals surface area contributed by atoms with Gasteiger partial charge in [-0.25, -0.2) is 4.79 Å².